The Labute approximate surface area is 121 Å². The number of nitrogens with one attached hydrogen (secondary N) is 1. The summed E-state index contributed by atoms with van der Waals surface area (Å²) in [4.78, 5) is 21.8. The van der Waals surface area contributed by atoms with Gasteiger partial charge in [0.25, 0.3) is 11.6 Å². The summed E-state index contributed by atoms with van der Waals surface area (Å²) in [5.41, 5.74) is 4.12. The molecule has 7 nitrogen and oxygen atoms in total. The first-order valence-electron chi connectivity index (χ1n) is 6.42. The van der Waals surface area contributed by atoms with Gasteiger partial charge in [-0.1, -0.05) is 13.8 Å². The van der Waals surface area contributed by atoms with E-state index in [1.54, 1.807) is 0 Å². The molecule has 1 unspecified atom stereocenters. The van der Waals surface area contributed by atoms with Crippen LogP contribution in [0.1, 0.15) is 30.6 Å². The Bertz CT molecular complexity index is 548. The molecule has 0 heterocycles. The van der Waals surface area contributed by atoms with Gasteiger partial charge in [0, 0.05) is 6.54 Å². The molecule has 116 valence electrons. The average Bonchev–Trinajstić information content (AvgIpc) is 2.37. The normalized spacial score (nSPS) is 12.2. The van der Waals surface area contributed by atoms with E-state index in [1.807, 2.05) is 13.8 Å². The summed E-state index contributed by atoms with van der Waals surface area (Å²) in [6.07, 6.45) is -0.266. The molecule has 0 aromatic heterocycles. The van der Waals surface area contributed by atoms with Crippen LogP contribution in [0.25, 0.3) is 0 Å². The van der Waals surface area contributed by atoms with Gasteiger partial charge in [-0.15, -0.1) is 0 Å². The van der Waals surface area contributed by atoms with Crippen molar-refractivity contribution in [1.29, 1.82) is 0 Å². The molecule has 0 radical (unpaired) electrons. The summed E-state index contributed by atoms with van der Waals surface area (Å²) < 4.78 is 13.3. The molecule has 0 aliphatic rings. The molecule has 0 saturated carbocycles. The standard InChI is InChI=1S/C13H18FN3O4/c1-7(2)3-9(18)6-16-13(19)10-4-8(14)5-11(12(10)15)17(20)21/h4-5,7,9,18H,3,6,15H2,1-2H3,(H,16,19). The second-order valence-electron chi connectivity index (χ2n) is 5.14. The van der Waals surface area contributed by atoms with E-state index in [0.29, 0.717) is 12.5 Å². The predicted octanol–water partition coefficient (Wildman–Crippen LogP) is 1.45. The quantitative estimate of drug-likeness (QED) is 0.417. The highest BCUT2D eigenvalue weighted by molar-refractivity contribution is 6.01. The maximum Gasteiger partial charge on any atom is 0.295 e. The van der Waals surface area contributed by atoms with Crippen LogP contribution in [-0.2, 0) is 0 Å². The van der Waals surface area contributed by atoms with Crippen molar-refractivity contribution in [3.8, 4) is 0 Å². The molecule has 1 amide bonds. The number of rotatable bonds is 6. The molecule has 1 rings (SSSR count). The van der Waals surface area contributed by atoms with Crippen molar-refractivity contribution in [3.63, 3.8) is 0 Å². The second kappa shape index (κ2) is 6.98. The van der Waals surface area contributed by atoms with E-state index >= 15 is 0 Å². The average molecular weight is 299 g/mol. The molecule has 21 heavy (non-hydrogen) atoms. The van der Waals surface area contributed by atoms with Gasteiger partial charge in [-0.05, 0) is 18.4 Å². The lowest BCUT2D eigenvalue weighted by Crippen LogP contribution is -2.33. The van der Waals surface area contributed by atoms with E-state index in [2.05, 4.69) is 5.32 Å². The number of nitro groups is 1. The fraction of sp³-hybridized carbons (Fsp3) is 0.462. The number of anilines is 1. The number of nitro benzene ring substituents is 1. The first-order valence-corrected chi connectivity index (χ1v) is 6.42. The van der Waals surface area contributed by atoms with E-state index in [1.165, 1.54) is 0 Å². The maximum atomic E-state index is 13.3. The van der Waals surface area contributed by atoms with E-state index in [0.717, 1.165) is 6.07 Å². The van der Waals surface area contributed by atoms with Gasteiger partial charge in [0.2, 0.25) is 0 Å². The molecule has 0 saturated heterocycles. The second-order valence-corrected chi connectivity index (χ2v) is 5.14. The zero-order chi connectivity index (χ0) is 16.2. The first kappa shape index (κ1) is 16.8. The van der Waals surface area contributed by atoms with Gasteiger partial charge in [-0.2, -0.15) is 0 Å². The van der Waals surface area contributed by atoms with Crippen molar-refractivity contribution in [2.45, 2.75) is 26.4 Å². The number of nitrogens with two attached hydrogens (primary N) is 1. The number of halogens is 1. The summed E-state index contributed by atoms with van der Waals surface area (Å²) >= 11 is 0. The van der Waals surface area contributed by atoms with Gasteiger partial charge in [0.1, 0.15) is 11.5 Å². The molecule has 0 bridgehead atoms. The Hall–Kier alpha value is -2.22. The molecule has 1 atom stereocenters. The molecule has 0 spiro atoms. The lowest BCUT2D eigenvalue weighted by Gasteiger charge is -2.14. The van der Waals surface area contributed by atoms with Gasteiger partial charge in [-0.25, -0.2) is 4.39 Å². The van der Waals surface area contributed by atoms with Crippen LogP contribution in [0, 0.1) is 21.8 Å². The lowest BCUT2D eigenvalue weighted by molar-refractivity contribution is -0.384. The van der Waals surface area contributed by atoms with Crippen LogP contribution in [0.5, 0.6) is 0 Å². The van der Waals surface area contributed by atoms with Crippen LogP contribution in [0.4, 0.5) is 15.8 Å². The monoisotopic (exact) mass is 299 g/mol. The summed E-state index contributed by atoms with van der Waals surface area (Å²) in [5.74, 6) is -1.45. The molecule has 0 aliphatic carbocycles. The first-order chi connectivity index (χ1) is 9.72. The third kappa shape index (κ3) is 4.67. The number of aliphatic hydroxyl groups excluding tert-OH is 1. The van der Waals surface area contributed by atoms with Crippen LogP contribution in [0.3, 0.4) is 0 Å². The van der Waals surface area contributed by atoms with Crippen molar-refractivity contribution in [3.05, 3.63) is 33.6 Å². The molecule has 1 aromatic rings. The molecule has 0 fully saturated rings. The van der Waals surface area contributed by atoms with Crippen LogP contribution >= 0.6 is 0 Å². The Morgan fingerprint density at radius 1 is 1.52 bits per heavy atom. The predicted molar refractivity (Wildman–Crippen MR) is 75.3 cm³/mol. The molecule has 4 N–H and O–H groups in total. The number of carbonyl (C=O) groups is 1. The Morgan fingerprint density at radius 3 is 2.67 bits per heavy atom. The maximum absolute atomic E-state index is 13.3. The number of nitrogens with zero attached hydrogens (tertiary/aromatic N) is 1. The van der Waals surface area contributed by atoms with Crippen LogP contribution in [0.2, 0.25) is 0 Å². The highest BCUT2D eigenvalue weighted by Gasteiger charge is 2.22. The van der Waals surface area contributed by atoms with Crippen molar-refractivity contribution in [2.75, 3.05) is 12.3 Å². The molecular weight excluding hydrogens is 281 g/mol. The van der Waals surface area contributed by atoms with Crippen molar-refractivity contribution < 1.29 is 19.2 Å². The van der Waals surface area contributed by atoms with Crippen molar-refractivity contribution in [2.24, 2.45) is 5.92 Å². The van der Waals surface area contributed by atoms with E-state index in [-0.39, 0.29) is 18.0 Å². The Balaban J connectivity index is 2.86. The number of hydrogen-bond donors (Lipinski definition) is 3. The number of amides is 1. The van der Waals surface area contributed by atoms with E-state index in [9.17, 15) is 24.4 Å². The Morgan fingerprint density at radius 2 is 2.14 bits per heavy atom. The number of aliphatic hydroxyl groups is 1. The third-order valence-electron chi connectivity index (χ3n) is 2.81. The molecular formula is C13H18FN3O4. The van der Waals surface area contributed by atoms with Gasteiger partial charge >= 0.3 is 0 Å². The van der Waals surface area contributed by atoms with Gasteiger partial charge < -0.3 is 16.2 Å². The molecule has 1 aromatic carbocycles. The van der Waals surface area contributed by atoms with Crippen molar-refractivity contribution in [1.82, 2.24) is 5.32 Å². The van der Waals surface area contributed by atoms with Gasteiger partial charge in [0.15, 0.2) is 0 Å². The summed E-state index contributed by atoms with van der Waals surface area (Å²) in [5, 5.41) is 22.8. The largest absolute Gasteiger partial charge is 0.393 e. The Kier molecular flexibility index (Phi) is 5.60. The van der Waals surface area contributed by atoms with Gasteiger partial charge in [0.05, 0.1) is 22.7 Å². The fourth-order valence-electron chi connectivity index (χ4n) is 1.88. The van der Waals surface area contributed by atoms with Crippen LogP contribution in [0.15, 0.2) is 12.1 Å². The highest BCUT2D eigenvalue weighted by atomic mass is 19.1. The zero-order valence-electron chi connectivity index (χ0n) is 11.8. The van der Waals surface area contributed by atoms with E-state index in [4.69, 9.17) is 5.73 Å². The van der Waals surface area contributed by atoms with E-state index < -0.39 is 34.1 Å². The van der Waals surface area contributed by atoms with Crippen LogP contribution < -0.4 is 11.1 Å². The van der Waals surface area contributed by atoms with Gasteiger partial charge in [-0.3, -0.25) is 14.9 Å². The number of nitrogen functional groups attached to an aromatic ring is 1. The summed E-state index contributed by atoms with van der Waals surface area (Å²) in [6.45, 7) is 3.79. The lowest BCUT2D eigenvalue weighted by atomic mass is 10.1. The highest BCUT2D eigenvalue weighted by Crippen LogP contribution is 2.26. The minimum absolute atomic E-state index is 0.0409. The minimum Gasteiger partial charge on any atom is -0.393 e. The smallest absolute Gasteiger partial charge is 0.295 e. The molecule has 0 aliphatic heterocycles. The number of benzene rings is 1. The third-order valence-corrected chi connectivity index (χ3v) is 2.81. The van der Waals surface area contributed by atoms with Crippen molar-refractivity contribution >= 4 is 17.3 Å². The number of carbonyl (C=O) groups excluding carboxylic acids is 1. The minimum atomic E-state index is -0.927. The topological polar surface area (TPSA) is 118 Å². The van der Waals surface area contributed by atoms with Crippen LogP contribution in [-0.4, -0.2) is 28.6 Å². The molecule has 8 heteroatoms. The fourth-order valence-corrected chi connectivity index (χ4v) is 1.88. The summed E-state index contributed by atoms with van der Waals surface area (Å²) in [6, 6.07) is 1.48. The summed E-state index contributed by atoms with van der Waals surface area (Å²) in [7, 11) is 0. The number of hydrogen-bond acceptors (Lipinski definition) is 5. The SMILES string of the molecule is CC(C)CC(O)CNC(=O)c1cc(F)cc([N+](=O)[O-])c1N. The zero-order valence-corrected chi connectivity index (χ0v) is 11.8.